The van der Waals surface area contributed by atoms with Crippen molar-refractivity contribution in [2.45, 2.75) is 17.5 Å². The molecule has 0 saturated heterocycles. The molecule has 0 spiro atoms. The van der Waals surface area contributed by atoms with Crippen LogP contribution in [0.2, 0.25) is 0 Å². The van der Waals surface area contributed by atoms with Crippen molar-refractivity contribution in [1.29, 1.82) is 0 Å². The van der Waals surface area contributed by atoms with Crippen molar-refractivity contribution in [1.82, 2.24) is 14.8 Å². The van der Waals surface area contributed by atoms with Crippen LogP contribution >= 0.6 is 11.9 Å². The summed E-state index contributed by atoms with van der Waals surface area (Å²) in [6.45, 7) is 0.625. The number of pyridine rings is 1. The van der Waals surface area contributed by atoms with Crippen LogP contribution in [0.3, 0.4) is 0 Å². The molecule has 29 heavy (non-hydrogen) atoms. The average molecular weight is 406 g/mol. The molecular weight excluding hydrogens is 388 g/mol. The Bertz CT molecular complexity index is 1150. The fourth-order valence-electron chi connectivity index (χ4n) is 3.74. The fraction of sp³-hybridized carbons (Fsp3) is 0.143. The summed E-state index contributed by atoms with van der Waals surface area (Å²) in [5.41, 5.74) is 11.9. The summed E-state index contributed by atoms with van der Waals surface area (Å²) >= 11 is 1.09. The Balaban J connectivity index is 1.56. The molecule has 1 amide bonds. The SMILES string of the molecule is Nc1ncc(-c2ccc3c(c2)C(O)N(O)S3)cc1-c1ccc2c(c1)CCNC2=O. The fourth-order valence-corrected chi connectivity index (χ4v) is 4.56. The number of hydrogen-bond donors (Lipinski definition) is 4. The highest BCUT2D eigenvalue weighted by Gasteiger charge is 2.29. The Kier molecular flexibility index (Phi) is 4.29. The number of amides is 1. The van der Waals surface area contributed by atoms with Gasteiger partial charge >= 0.3 is 0 Å². The van der Waals surface area contributed by atoms with Crippen LogP contribution in [0.5, 0.6) is 0 Å². The van der Waals surface area contributed by atoms with E-state index in [2.05, 4.69) is 10.3 Å². The summed E-state index contributed by atoms with van der Waals surface area (Å²) in [4.78, 5) is 17.2. The van der Waals surface area contributed by atoms with E-state index in [9.17, 15) is 15.1 Å². The molecule has 0 aliphatic carbocycles. The zero-order valence-corrected chi connectivity index (χ0v) is 16.1. The molecule has 0 fully saturated rings. The number of aliphatic hydroxyl groups is 1. The number of nitrogens with two attached hydrogens (primary N) is 1. The molecule has 0 radical (unpaired) electrons. The van der Waals surface area contributed by atoms with Gasteiger partial charge in [0.25, 0.3) is 5.91 Å². The molecule has 3 aromatic rings. The second kappa shape index (κ2) is 6.85. The minimum atomic E-state index is -1.07. The molecule has 8 heteroatoms. The van der Waals surface area contributed by atoms with Gasteiger partial charge in [-0.25, -0.2) is 4.98 Å². The highest BCUT2D eigenvalue weighted by Crippen LogP contribution is 2.43. The predicted octanol–water partition coefficient (Wildman–Crippen LogP) is 2.99. The van der Waals surface area contributed by atoms with Crippen LogP contribution in [0.25, 0.3) is 22.3 Å². The lowest BCUT2D eigenvalue weighted by atomic mass is 9.94. The average Bonchev–Trinajstić information content (AvgIpc) is 3.01. The molecule has 3 heterocycles. The van der Waals surface area contributed by atoms with Crippen LogP contribution in [0.4, 0.5) is 5.82 Å². The molecule has 1 unspecified atom stereocenters. The molecule has 2 aliphatic rings. The third kappa shape index (κ3) is 3.06. The van der Waals surface area contributed by atoms with Gasteiger partial charge in [-0.2, -0.15) is 0 Å². The molecule has 146 valence electrons. The number of hydroxylamine groups is 1. The Morgan fingerprint density at radius 3 is 2.79 bits per heavy atom. The van der Waals surface area contributed by atoms with E-state index in [1.165, 1.54) is 0 Å². The third-order valence-electron chi connectivity index (χ3n) is 5.28. The van der Waals surface area contributed by atoms with E-state index >= 15 is 0 Å². The van der Waals surface area contributed by atoms with Crippen molar-refractivity contribution in [2.24, 2.45) is 0 Å². The Morgan fingerprint density at radius 2 is 1.93 bits per heavy atom. The van der Waals surface area contributed by atoms with Gasteiger partial charge in [0.15, 0.2) is 6.23 Å². The maximum absolute atomic E-state index is 12.0. The number of carbonyl (C=O) groups excluding carboxylic acids is 1. The lowest BCUT2D eigenvalue weighted by Gasteiger charge is -2.18. The van der Waals surface area contributed by atoms with Gasteiger partial charge in [-0.05, 0) is 59.3 Å². The molecule has 2 aliphatic heterocycles. The molecule has 1 atom stereocenters. The molecule has 0 saturated carbocycles. The monoisotopic (exact) mass is 406 g/mol. The number of aromatic nitrogens is 1. The van der Waals surface area contributed by atoms with Crippen molar-refractivity contribution in [2.75, 3.05) is 12.3 Å². The number of fused-ring (bicyclic) bond motifs is 2. The third-order valence-corrected chi connectivity index (χ3v) is 6.24. The number of rotatable bonds is 2. The smallest absolute Gasteiger partial charge is 0.251 e. The molecule has 0 bridgehead atoms. The summed E-state index contributed by atoms with van der Waals surface area (Å²) in [6.07, 6.45) is 1.40. The number of carbonyl (C=O) groups is 1. The molecule has 7 nitrogen and oxygen atoms in total. The van der Waals surface area contributed by atoms with E-state index in [-0.39, 0.29) is 5.91 Å². The Labute approximate surface area is 171 Å². The van der Waals surface area contributed by atoms with Crippen molar-refractivity contribution < 1.29 is 15.1 Å². The van der Waals surface area contributed by atoms with E-state index in [1.807, 2.05) is 42.5 Å². The van der Waals surface area contributed by atoms with Crippen molar-refractivity contribution in [3.8, 4) is 22.3 Å². The van der Waals surface area contributed by atoms with Gasteiger partial charge in [0.1, 0.15) is 5.82 Å². The van der Waals surface area contributed by atoms with E-state index in [0.717, 1.165) is 55.6 Å². The summed E-state index contributed by atoms with van der Waals surface area (Å²) in [5, 5.41) is 22.7. The van der Waals surface area contributed by atoms with E-state index < -0.39 is 6.23 Å². The number of nitrogens with one attached hydrogen (secondary N) is 1. The number of aliphatic hydroxyl groups excluding tert-OH is 1. The van der Waals surface area contributed by atoms with Gasteiger partial charge in [-0.1, -0.05) is 22.7 Å². The van der Waals surface area contributed by atoms with Crippen LogP contribution in [0, 0.1) is 0 Å². The second-order valence-electron chi connectivity index (χ2n) is 7.05. The van der Waals surface area contributed by atoms with Crippen LogP contribution in [0.1, 0.15) is 27.7 Å². The van der Waals surface area contributed by atoms with E-state index in [4.69, 9.17) is 5.73 Å². The standard InChI is InChI=1S/C21H18N4O3S/c22-19-16(12-1-3-15-13(7-12)5-6-23-20(15)26)9-14(10-24-19)11-2-4-18-17(8-11)21(27)25(28)29-18/h1-4,7-10,21,27-28H,5-6H2,(H2,22,24)(H,23,26). The van der Waals surface area contributed by atoms with Crippen molar-refractivity contribution in [3.05, 3.63) is 65.4 Å². The second-order valence-corrected chi connectivity index (χ2v) is 8.05. The number of benzene rings is 2. The lowest BCUT2D eigenvalue weighted by Crippen LogP contribution is -2.31. The van der Waals surface area contributed by atoms with Crippen LogP contribution in [-0.2, 0) is 6.42 Å². The molecule has 2 aromatic carbocycles. The normalized spacial score (nSPS) is 18.3. The summed E-state index contributed by atoms with van der Waals surface area (Å²) in [5.74, 6) is 0.359. The first-order valence-corrected chi connectivity index (χ1v) is 9.94. The first-order valence-electron chi connectivity index (χ1n) is 9.17. The van der Waals surface area contributed by atoms with Gasteiger partial charge < -0.3 is 21.4 Å². The largest absolute Gasteiger partial charge is 0.383 e. The molecular formula is C21H18N4O3S. The van der Waals surface area contributed by atoms with Gasteiger partial charge in [0.2, 0.25) is 0 Å². The first kappa shape index (κ1) is 18.1. The number of anilines is 1. The van der Waals surface area contributed by atoms with Gasteiger partial charge in [0.05, 0.1) is 0 Å². The van der Waals surface area contributed by atoms with Gasteiger partial charge in [-0.3, -0.25) is 4.79 Å². The number of hydrogen-bond acceptors (Lipinski definition) is 7. The van der Waals surface area contributed by atoms with Crippen molar-refractivity contribution in [3.63, 3.8) is 0 Å². The Hall–Kier alpha value is -2.91. The quantitative estimate of drug-likeness (QED) is 0.484. The van der Waals surface area contributed by atoms with Crippen LogP contribution in [-0.4, -0.2) is 32.2 Å². The molecule has 1 aromatic heterocycles. The zero-order chi connectivity index (χ0) is 20.1. The summed E-state index contributed by atoms with van der Waals surface area (Å²) in [6, 6.07) is 13.3. The van der Waals surface area contributed by atoms with Gasteiger partial charge in [-0.15, -0.1) is 0 Å². The van der Waals surface area contributed by atoms with E-state index in [0.29, 0.717) is 23.5 Å². The summed E-state index contributed by atoms with van der Waals surface area (Å²) in [7, 11) is 0. The molecule has 5 N–H and O–H groups in total. The van der Waals surface area contributed by atoms with E-state index in [1.54, 1.807) is 6.20 Å². The predicted molar refractivity (Wildman–Crippen MR) is 110 cm³/mol. The van der Waals surface area contributed by atoms with Crippen LogP contribution in [0.15, 0.2) is 53.6 Å². The lowest BCUT2D eigenvalue weighted by molar-refractivity contribution is -0.111. The maximum Gasteiger partial charge on any atom is 0.251 e. The molecule has 5 rings (SSSR count). The zero-order valence-electron chi connectivity index (χ0n) is 15.3. The van der Waals surface area contributed by atoms with Gasteiger partial charge in [0, 0.05) is 39.9 Å². The minimum absolute atomic E-state index is 0.0508. The topological polar surface area (TPSA) is 112 Å². The summed E-state index contributed by atoms with van der Waals surface area (Å²) < 4.78 is 0.824. The van der Waals surface area contributed by atoms with Crippen LogP contribution < -0.4 is 11.1 Å². The Morgan fingerprint density at radius 1 is 1.10 bits per heavy atom. The minimum Gasteiger partial charge on any atom is -0.383 e. The highest BCUT2D eigenvalue weighted by molar-refractivity contribution is 7.97. The van der Waals surface area contributed by atoms with Crippen molar-refractivity contribution >= 4 is 23.7 Å². The number of nitrogens with zero attached hydrogens (tertiary/aromatic N) is 2. The highest BCUT2D eigenvalue weighted by atomic mass is 32.2. The number of nitrogen functional groups attached to an aromatic ring is 1. The maximum atomic E-state index is 12.0. The first-order chi connectivity index (χ1) is 14.0.